The van der Waals surface area contributed by atoms with Crippen molar-refractivity contribution in [3.63, 3.8) is 0 Å². The molecule has 30 heavy (non-hydrogen) atoms. The molecule has 2 aromatic carbocycles. The van der Waals surface area contributed by atoms with Crippen molar-refractivity contribution in [2.75, 3.05) is 19.5 Å². The van der Waals surface area contributed by atoms with Gasteiger partial charge in [0.2, 0.25) is 0 Å². The van der Waals surface area contributed by atoms with Gasteiger partial charge in [-0.05, 0) is 29.8 Å². The molecule has 0 saturated carbocycles. The van der Waals surface area contributed by atoms with Crippen molar-refractivity contribution >= 4 is 28.7 Å². The van der Waals surface area contributed by atoms with E-state index >= 15 is 0 Å². The monoisotopic (exact) mass is 400 g/mol. The Morgan fingerprint density at radius 3 is 2.77 bits per heavy atom. The Morgan fingerprint density at radius 2 is 1.93 bits per heavy atom. The van der Waals surface area contributed by atoms with E-state index in [-0.39, 0.29) is 0 Å². The van der Waals surface area contributed by atoms with Crippen LogP contribution in [0, 0.1) is 0 Å². The number of hydrogen-bond donors (Lipinski definition) is 2. The number of aliphatic imine (C=N–C) groups is 1. The molecule has 8 heteroatoms. The first-order valence-electron chi connectivity index (χ1n) is 9.43. The van der Waals surface area contributed by atoms with Gasteiger partial charge in [0, 0.05) is 42.3 Å². The van der Waals surface area contributed by atoms with E-state index in [0.717, 1.165) is 33.8 Å². The molecule has 0 atom stereocenters. The van der Waals surface area contributed by atoms with Crippen LogP contribution in [0.25, 0.3) is 16.9 Å². The fraction of sp³-hybridized carbons (Fsp3) is 0.136. The molecule has 3 N–H and O–H groups in total. The van der Waals surface area contributed by atoms with Crippen LogP contribution < -0.4 is 20.5 Å². The third-order valence-electron chi connectivity index (χ3n) is 5.03. The van der Waals surface area contributed by atoms with Crippen molar-refractivity contribution in [2.24, 2.45) is 10.7 Å². The molecule has 3 heterocycles. The van der Waals surface area contributed by atoms with Gasteiger partial charge < -0.3 is 24.9 Å². The Bertz CT molecular complexity index is 1290. The second kappa shape index (κ2) is 7.07. The smallest absolute Gasteiger partial charge is 0.180 e. The number of anilines is 2. The number of fused-ring (bicyclic) bond motifs is 2. The Balaban J connectivity index is 1.55. The molecule has 0 bridgehead atoms. The lowest BCUT2D eigenvalue weighted by atomic mass is 10.1. The van der Waals surface area contributed by atoms with E-state index in [1.807, 2.05) is 47.1 Å². The molecule has 0 amide bonds. The molecule has 1 aliphatic rings. The number of nitrogens with one attached hydrogen (secondary N) is 1. The number of imidazole rings is 1. The number of aromatic nitrogens is 3. The fourth-order valence-electron chi connectivity index (χ4n) is 3.59. The largest absolute Gasteiger partial charge is 0.493 e. The van der Waals surface area contributed by atoms with Crippen molar-refractivity contribution in [2.45, 2.75) is 6.42 Å². The van der Waals surface area contributed by atoms with E-state index in [2.05, 4.69) is 21.4 Å². The maximum atomic E-state index is 5.88. The normalized spacial score (nSPS) is 12.5. The summed E-state index contributed by atoms with van der Waals surface area (Å²) in [6.45, 7) is 0. The minimum absolute atomic E-state index is 0.634. The van der Waals surface area contributed by atoms with E-state index in [1.165, 1.54) is 0 Å². The predicted octanol–water partition coefficient (Wildman–Crippen LogP) is 3.70. The standard InChI is InChI=1S/C22H20N6O2/c1-29-18-6-4-15(11-19(18)30-2)25-21-22-24-7-8-28(22)12-17(27-21)13-3-5-16-14(9-13)10-20(23)26-16/h3-9,11-12H,10H2,1-2H3,(H2,23,26)(H,25,27). The zero-order chi connectivity index (χ0) is 20.7. The van der Waals surface area contributed by atoms with Crippen molar-refractivity contribution in [3.05, 3.63) is 60.6 Å². The first-order chi connectivity index (χ1) is 14.6. The Kier molecular flexibility index (Phi) is 4.24. The summed E-state index contributed by atoms with van der Waals surface area (Å²) in [4.78, 5) is 13.6. The van der Waals surface area contributed by atoms with Crippen LogP contribution in [0.15, 0.2) is 60.0 Å². The second-order valence-electron chi connectivity index (χ2n) is 6.95. The number of rotatable bonds is 5. The molecular weight excluding hydrogens is 380 g/mol. The quantitative estimate of drug-likeness (QED) is 0.530. The van der Waals surface area contributed by atoms with Crippen LogP contribution in [0.1, 0.15) is 5.56 Å². The highest BCUT2D eigenvalue weighted by molar-refractivity contribution is 5.91. The van der Waals surface area contributed by atoms with Crippen molar-refractivity contribution in [1.82, 2.24) is 14.4 Å². The van der Waals surface area contributed by atoms with Crippen LogP contribution >= 0.6 is 0 Å². The fourth-order valence-corrected chi connectivity index (χ4v) is 3.59. The van der Waals surface area contributed by atoms with E-state index < -0.39 is 0 Å². The van der Waals surface area contributed by atoms with Gasteiger partial charge in [0.1, 0.15) is 5.84 Å². The Morgan fingerprint density at radius 1 is 1.07 bits per heavy atom. The van der Waals surface area contributed by atoms with Crippen LogP contribution in [-0.4, -0.2) is 34.4 Å². The van der Waals surface area contributed by atoms with Crippen LogP contribution in [-0.2, 0) is 6.42 Å². The van der Waals surface area contributed by atoms with Gasteiger partial charge in [-0.15, -0.1) is 0 Å². The SMILES string of the molecule is COc1ccc(Nc2nc(-c3ccc4c(c3)CC(N)=N4)cn3ccnc23)cc1OC. The number of amidine groups is 1. The van der Waals surface area contributed by atoms with Crippen LogP contribution in [0.2, 0.25) is 0 Å². The lowest BCUT2D eigenvalue weighted by Gasteiger charge is -2.13. The van der Waals surface area contributed by atoms with Crippen molar-refractivity contribution < 1.29 is 9.47 Å². The summed E-state index contributed by atoms with van der Waals surface area (Å²) in [6.07, 6.45) is 6.27. The number of nitrogens with zero attached hydrogens (tertiary/aromatic N) is 4. The van der Waals surface area contributed by atoms with Gasteiger partial charge in [0.15, 0.2) is 23.0 Å². The molecule has 2 aromatic heterocycles. The van der Waals surface area contributed by atoms with Crippen LogP contribution in [0.4, 0.5) is 17.2 Å². The van der Waals surface area contributed by atoms with Gasteiger partial charge in [-0.1, -0.05) is 6.07 Å². The molecule has 1 aliphatic heterocycles. The minimum atomic E-state index is 0.634. The molecule has 0 radical (unpaired) electrons. The molecule has 5 rings (SSSR count). The lowest BCUT2D eigenvalue weighted by Crippen LogP contribution is -2.09. The van der Waals surface area contributed by atoms with Gasteiger partial charge in [-0.25, -0.2) is 15.0 Å². The molecule has 4 aromatic rings. The topological polar surface area (TPSA) is 99.1 Å². The Labute approximate surface area is 173 Å². The average Bonchev–Trinajstić information content (AvgIpc) is 3.38. The summed E-state index contributed by atoms with van der Waals surface area (Å²) in [7, 11) is 3.22. The molecular formula is C22H20N6O2. The minimum Gasteiger partial charge on any atom is -0.493 e. The highest BCUT2D eigenvalue weighted by Gasteiger charge is 2.15. The summed E-state index contributed by atoms with van der Waals surface area (Å²) in [5.74, 6) is 2.57. The third-order valence-corrected chi connectivity index (χ3v) is 5.03. The average molecular weight is 400 g/mol. The highest BCUT2D eigenvalue weighted by Crippen LogP contribution is 2.33. The van der Waals surface area contributed by atoms with Crippen LogP contribution in [0.5, 0.6) is 11.5 Å². The zero-order valence-electron chi connectivity index (χ0n) is 16.6. The van der Waals surface area contributed by atoms with E-state index in [4.69, 9.17) is 20.2 Å². The third kappa shape index (κ3) is 3.08. The van der Waals surface area contributed by atoms with Gasteiger partial charge in [-0.3, -0.25) is 0 Å². The maximum Gasteiger partial charge on any atom is 0.180 e. The molecule has 0 saturated heterocycles. The maximum absolute atomic E-state index is 5.88. The summed E-state index contributed by atoms with van der Waals surface area (Å²) < 4.78 is 12.7. The highest BCUT2D eigenvalue weighted by atomic mass is 16.5. The first kappa shape index (κ1) is 18.0. The van der Waals surface area contributed by atoms with Crippen LogP contribution in [0.3, 0.4) is 0 Å². The summed E-state index contributed by atoms with van der Waals surface area (Å²) in [5, 5.41) is 3.36. The Hall–Kier alpha value is -4.07. The van der Waals surface area contributed by atoms with Gasteiger partial charge in [0.25, 0.3) is 0 Å². The van der Waals surface area contributed by atoms with E-state index in [0.29, 0.717) is 29.6 Å². The number of ether oxygens (including phenoxy) is 2. The molecule has 150 valence electrons. The molecule has 0 spiro atoms. The molecule has 0 unspecified atom stereocenters. The van der Waals surface area contributed by atoms with Crippen molar-refractivity contribution in [3.8, 4) is 22.8 Å². The number of nitrogens with two attached hydrogens (primary N) is 1. The molecule has 8 nitrogen and oxygen atoms in total. The van der Waals surface area contributed by atoms with Gasteiger partial charge in [-0.2, -0.15) is 0 Å². The first-order valence-corrected chi connectivity index (χ1v) is 9.43. The summed E-state index contributed by atoms with van der Waals surface area (Å²) in [5.41, 5.74) is 11.3. The molecule has 0 fully saturated rings. The van der Waals surface area contributed by atoms with Gasteiger partial charge in [0.05, 0.1) is 25.6 Å². The summed E-state index contributed by atoms with van der Waals surface area (Å²) in [6, 6.07) is 11.7. The lowest BCUT2D eigenvalue weighted by molar-refractivity contribution is 0.355. The zero-order valence-corrected chi connectivity index (χ0v) is 16.6. The molecule has 0 aliphatic carbocycles. The van der Waals surface area contributed by atoms with E-state index in [1.54, 1.807) is 20.4 Å². The number of benzene rings is 2. The second-order valence-corrected chi connectivity index (χ2v) is 6.95. The van der Waals surface area contributed by atoms with Crippen molar-refractivity contribution in [1.29, 1.82) is 0 Å². The number of hydrogen-bond acceptors (Lipinski definition) is 7. The van der Waals surface area contributed by atoms with E-state index in [9.17, 15) is 0 Å². The summed E-state index contributed by atoms with van der Waals surface area (Å²) >= 11 is 0. The number of methoxy groups -OCH3 is 2. The van der Waals surface area contributed by atoms with Gasteiger partial charge >= 0.3 is 0 Å². The predicted molar refractivity (Wildman–Crippen MR) is 116 cm³/mol.